The van der Waals surface area contributed by atoms with E-state index in [0.717, 1.165) is 38.7 Å². The number of allylic oxidation sites excluding steroid dienone is 1. The number of Topliss-reactive ketones (excluding diaryl/α,β-unsaturated/α-hetero) is 1. The zero-order valence-corrected chi connectivity index (χ0v) is 11.6. The Balaban J connectivity index is 1.64. The van der Waals surface area contributed by atoms with E-state index in [1.165, 1.54) is 19.3 Å². The number of rotatable bonds is 2. The Morgan fingerprint density at radius 1 is 1.21 bits per heavy atom. The fourth-order valence-electron chi connectivity index (χ4n) is 4.06. The summed E-state index contributed by atoms with van der Waals surface area (Å²) in [5, 5.41) is 0. The summed E-state index contributed by atoms with van der Waals surface area (Å²) in [4.78, 5) is 12.6. The van der Waals surface area contributed by atoms with Crippen molar-refractivity contribution < 1.29 is 9.53 Å². The number of nitrogens with two attached hydrogens (primary N) is 1. The molecule has 3 atom stereocenters. The van der Waals surface area contributed by atoms with Gasteiger partial charge in [-0.25, -0.2) is 0 Å². The molecular weight excluding hydrogens is 238 g/mol. The van der Waals surface area contributed by atoms with Crippen LogP contribution < -0.4 is 5.73 Å². The third kappa shape index (κ3) is 2.77. The first-order valence-electron chi connectivity index (χ1n) is 7.80. The molecule has 0 aromatic carbocycles. The standard InChI is InChI=1S/C16H25NO2/c17-14-5-4-12(10-14)15(18)13-6-9-19-16(11-13)7-2-1-3-8-16/h4-5,12-14H,1-3,6-11,17H2. The van der Waals surface area contributed by atoms with Crippen molar-refractivity contribution in [2.24, 2.45) is 17.6 Å². The minimum Gasteiger partial charge on any atom is -0.375 e. The molecule has 0 aromatic heterocycles. The van der Waals surface area contributed by atoms with E-state index in [4.69, 9.17) is 10.5 Å². The fraction of sp³-hybridized carbons (Fsp3) is 0.812. The molecule has 0 radical (unpaired) electrons. The van der Waals surface area contributed by atoms with Crippen LogP contribution in [0.3, 0.4) is 0 Å². The molecule has 3 nitrogen and oxygen atoms in total. The Bertz CT molecular complexity index is 365. The van der Waals surface area contributed by atoms with Gasteiger partial charge in [0.15, 0.2) is 0 Å². The van der Waals surface area contributed by atoms with Crippen LogP contribution >= 0.6 is 0 Å². The molecule has 1 spiro atoms. The van der Waals surface area contributed by atoms with Crippen molar-refractivity contribution >= 4 is 5.78 Å². The number of ketones is 1. The monoisotopic (exact) mass is 263 g/mol. The van der Waals surface area contributed by atoms with E-state index >= 15 is 0 Å². The summed E-state index contributed by atoms with van der Waals surface area (Å²) in [7, 11) is 0. The van der Waals surface area contributed by atoms with Crippen LogP contribution in [0.5, 0.6) is 0 Å². The quantitative estimate of drug-likeness (QED) is 0.779. The summed E-state index contributed by atoms with van der Waals surface area (Å²) in [5.74, 6) is 0.683. The lowest BCUT2D eigenvalue weighted by Crippen LogP contribution is -2.44. The molecule has 2 fully saturated rings. The third-order valence-corrected chi connectivity index (χ3v) is 5.14. The molecule has 2 N–H and O–H groups in total. The summed E-state index contributed by atoms with van der Waals surface area (Å²) in [6, 6.07) is 0.0810. The highest BCUT2D eigenvalue weighted by molar-refractivity contribution is 5.85. The topological polar surface area (TPSA) is 52.3 Å². The maximum absolute atomic E-state index is 12.6. The van der Waals surface area contributed by atoms with E-state index in [9.17, 15) is 4.79 Å². The Labute approximate surface area is 115 Å². The zero-order valence-electron chi connectivity index (χ0n) is 11.6. The SMILES string of the molecule is NC1C=CC(C(=O)C2CCOC3(CCCCC3)C2)C1. The smallest absolute Gasteiger partial charge is 0.143 e. The number of hydrogen-bond acceptors (Lipinski definition) is 3. The molecule has 1 heterocycles. The highest BCUT2D eigenvalue weighted by Crippen LogP contribution is 2.42. The second-order valence-electron chi connectivity index (χ2n) is 6.58. The van der Waals surface area contributed by atoms with Crippen LogP contribution in [0.4, 0.5) is 0 Å². The van der Waals surface area contributed by atoms with Crippen LogP contribution in [0.25, 0.3) is 0 Å². The average Bonchev–Trinajstić information content (AvgIpc) is 2.85. The number of carbonyl (C=O) groups excluding carboxylic acids is 1. The number of carbonyl (C=O) groups is 1. The van der Waals surface area contributed by atoms with Gasteiger partial charge in [0.25, 0.3) is 0 Å². The van der Waals surface area contributed by atoms with Crippen molar-refractivity contribution in [1.29, 1.82) is 0 Å². The van der Waals surface area contributed by atoms with Crippen molar-refractivity contribution in [3.63, 3.8) is 0 Å². The van der Waals surface area contributed by atoms with E-state index in [-0.39, 0.29) is 23.5 Å². The Morgan fingerprint density at radius 2 is 2.00 bits per heavy atom. The fourth-order valence-corrected chi connectivity index (χ4v) is 4.06. The van der Waals surface area contributed by atoms with Crippen LogP contribution in [-0.2, 0) is 9.53 Å². The van der Waals surface area contributed by atoms with Gasteiger partial charge >= 0.3 is 0 Å². The molecule has 3 aliphatic rings. The molecule has 0 amide bonds. The molecule has 1 aliphatic heterocycles. The minimum atomic E-state index is 0.0290. The highest BCUT2D eigenvalue weighted by atomic mass is 16.5. The summed E-state index contributed by atoms with van der Waals surface area (Å²) in [5.41, 5.74) is 5.89. The predicted molar refractivity (Wildman–Crippen MR) is 74.7 cm³/mol. The lowest BCUT2D eigenvalue weighted by molar-refractivity contribution is -0.145. The van der Waals surface area contributed by atoms with Crippen molar-refractivity contribution in [3.8, 4) is 0 Å². The second kappa shape index (κ2) is 5.37. The maximum atomic E-state index is 12.6. The number of hydrogen-bond donors (Lipinski definition) is 1. The van der Waals surface area contributed by atoms with Crippen molar-refractivity contribution in [2.75, 3.05) is 6.61 Å². The molecule has 3 unspecified atom stereocenters. The van der Waals surface area contributed by atoms with E-state index < -0.39 is 0 Å². The first-order valence-corrected chi connectivity index (χ1v) is 7.80. The lowest BCUT2D eigenvalue weighted by atomic mass is 9.73. The molecule has 3 heteroatoms. The van der Waals surface area contributed by atoms with Gasteiger partial charge in [-0.2, -0.15) is 0 Å². The van der Waals surface area contributed by atoms with Gasteiger partial charge in [-0.15, -0.1) is 0 Å². The second-order valence-corrected chi connectivity index (χ2v) is 6.58. The van der Waals surface area contributed by atoms with Gasteiger partial charge in [0.2, 0.25) is 0 Å². The van der Waals surface area contributed by atoms with E-state index in [1.807, 2.05) is 12.2 Å². The number of ether oxygens (including phenoxy) is 1. The molecule has 19 heavy (non-hydrogen) atoms. The molecular formula is C16H25NO2. The Morgan fingerprint density at radius 3 is 2.68 bits per heavy atom. The van der Waals surface area contributed by atoms with Crippen LogP contribution in [0.2, 0.25) is 0 Å². The van der Waals surface area contributed by atoms with E-state index in [2.05, 4.69) is 0 Å². The normalized spacial score (nSPS) is 37.6. The molecule has 3 rings (SSSR count). The van der Waals surface area contributed by atoms with Crippen LogP contribution in [-0.4, -0.2) is 24.0 Å². The van der Waals surface area contributed by atoms with Gasteiger partial charge < -0.3 is 10.5 Å². The first kappa shape index (κ1) is 13.3. The molecule has 0 bridgehead atoms. The summed E-state index contributed by atoms with van der Waals surface area (Å²) >= 11 is 0. The van der Waals surface area contributed by atoms with Gasteiger partial charge in [0, 0.05) is 24.5 Å². The maximum Gasteiger partial charge on any atom is 0.143 e. The molecule has 0 aromatic rings. The zero-order chi connectivity index (χ0) is 13.3. The van der Waals surface area contributed by atoms with Crippen LogP contribution in [0, 0.1) is 11.8 Å². The lowest BCUT2D eigenvalue weighted by Gasteiger charge is -2.43. The summed E-state index contributed by atoms with van der Waals surface area (Å²) < 4.78 is 6.08. The van der Waals surface area contributed by atoms with Crippen LogP contribution in [0.15, 0.2) is 12.2 Å². The minimum absolute atomic E-state index is 0.0290. The predicted octanol–water partition coefficient (Wildman–Crippen LogP) is 2.59. The summed E-state index contributed by atoms with van der Waals surface area (Å²) in [6.45, 7) is 0.763. The van der Waals surface area contributed by atoms with Crippen molar-refractivity contribution in [2.45, 2.75) is 63.0 Å². The first-order chi connectivity index (χ1) is 9.19. The largest absolute Gasteiger partial charge is 0.375 e. The average molecular weight is 263 g/mol. The Hall–Kier alpha value is -0.670. The van der Waals surface area contributed by atoms with Gasteiger partial charge in [-0.3, -0.25) is 4.79 Å². The van der Waals surface area contributed by atoms with Crippen molar-refractivity contribution in [1.82, 2.24) is 0 Å². The van der Waals surface area contributed by atoms with Gasteiger partial charge in [0.05, 0.1) is 5.60 Å². The van der Waals surface area contributed by atoms with Gasteiger partial charge in [-0.1, -0.05) is 31.4 Å². The van der Waals surface area contributed by atoms with Crippen molar-refractivity contribution in [3.05, 3.63) is 12.2 Å². The third-order valence-electron chi connectivity index (χ3n) is 5.14. The van der Waals surface area contributed by atoms with E-state index in [0.29, 0.717) is 5.78 Å². The Kier molecular flexibility index (Phi) is 3.77. The summed E-state index contributed by atoms with van der Waals surface area (Å²) in [6.07, 6.45) is 12.8. The van der Waals surface area contributed by atoms with Crippen LogP contribution in [0.1, 0.15) is 51.4 Å². The molecule has 106 valence electrons. The van der Waals surface area contributed by atoms with Gasteiger partial charge in [0.1, 0.15) is 5.78 Å². The molecule has 1 saturated heterocycles. The molecule has 1 saturated carbocycles. The highest BCUT2D eigenvalue weighted by Gasteiger charge is 2.42. The molecule has 2 aliphatic carbocycles. The van der Waals surface area contributed by atoms with E-state index in [1.54, 1.807) is 0 Å². The van der Waals surface area contributed by atoms with Gasteiger partial charge in [-0.05, 0) is 32.1 Å².